The van der Waals surface area contributed by atoms with Gasteiger partial charge in [-0.05, 0) is 6.08 Å². The van der Waals surface area contributed by atoms with Crippen LogP contribution in [0.2, 0.25) is 0 Å². The molecule has 0 radical (unpaired) electrons. The monoisotopic (exact) mass is 184 g/mol. The van der Waals surface area contributed by atoms with Crippen molar-refractivity contribution < 1.29 is 19.8 Å². The number of hydrogen-bond donors (Lipinski definition) is 2. The van der Waals surface area contributed by atoms with E-state index in [-0.39, 0.29) is 11.7 Å². The molecule has 72 valence electrons. The lowest BCUT2D eigenvalue weighted by Crippen LogP contribution is -2.15. The van der Waals surface area contributed by atoms with E-state index in [2.05, 4.69) is 5.73 Å². The second-order valence-corrected chi connectivity index (χ2v) is 2.82. The fourth-order valence-electron chi connectivity index (χ4n) is 0.459. The predicted molar refractivity (Wildman–Crippen MR) is 46.1 cm³/mol. The average Bonchev–Trinajstić information content (AvgIpc) is 2.03. The van der Waals surface area contributed by atoms with Gasteiger partial charge in [0, 0.05) is 12.0 Å². The van der Waals surface area contributed by atoms with E-state index in [4.69, 9.17) is 10.2 Å². The number of carbonyl (C=O) groups is 2. The zero-order valence-corrected chi connectivity index (χ0v) is 7.52. The highest BCUT2D eigenvalue weighted by Crippen LogP contribution is 1.94. The number of aliphatic hydroxyl groups is 1. The molecular formula is C9H12O4. The Morgan fingerprint density at radius 1 is 1.38 bits per heavy atom. The normalized spacial score (nSPS) is 11.7. The maximum absolute atomic E-state index is 10.9. The van der Waals surface area contributed by atoms with Crippen molar-refractivity contribution in [1.29, 1.82) is 0 Å². The molecule has 13 heavy (non-hydrogen) atoms. The first-order valence-corrected chi connectivity index (χ1v) is 3.82. The van der Waals surface area contributed by atoms with Crippen LogP contribution in [0, 0.1) is 5.92 Å². The van der Waals surface area contributed by atoms with Crippen LogP contribution in [-0.4, -0.2) is 28.1 Å². The molecule has 0 aromatic heterocycles. The van der Waals surface area contributed by atoms with E-state index < -0.39 is 12.1 Å². The Kier molecular flexibility index (Phi) is 4.74. The minimum Gasteiger partial charge on any atom is -0.479 e. The van der Waals surface area contributed by atoms with Crippen molar-refractivity contribution in [3.63, 3.8) is 0 Å². The maximum Gasteiger partial charge on any atom is 0.337 e. The second-order valence-electron chi connectivity index (χ2n) is 2.82. The Morgan fingerprint density at radius 2 is 1.92 bits per heavy atom. The van der Waals surface area contributed by atoms with E-state index in [1.54, 1.807) is 13.8 Å². The molecular weight excluding hydrogens is 172 g/mol. The molecule has 0 fully saturated rings. The molecule has 0 amide bonds. The topological polar surface area (TPSA) is 74.6 Å². The van der Waals surface area contributed by atoms with Crippen LogP contribution in [0.3, 0.4) is 0 Å². The molecule has 0 aliphatic carbocycles. The first-order chi connectivity index (χ1) is 5.95. The summed E-state index contributed by atoms with van der Waals surface area (Å²) in [5, 5.41) is 17.0. The van der Waals surface area contributed by atoms with Gasteiger partial charge in [-0.2, -0.15) is 0 Å². The molecule has 0 bridgehead atoms. The molecule has 2 N–H and O–H groups in total. The Balaban J connectivity index is 4.26. The molecule has 0 aromatic rings. The number of aliphatic hydroxyl groups excluding tert-OH is 1. The lowest BCUT2D eigenvalue weighted by Gasteiger charge is -1.94. The number of carbonyl (C=O) groups excluding carboxylic acids is 1. The van der Waals surface area contributed by atoms with Gasteiger partial charge >= 0.3 is 5.97 Å². The smallest absolute Gasteiger partial charge is 0.337 e. The Morgan fingerprint density at radius 3 is 2.31 bits per heavy atom. The standard InChI is InChI=1S/C9H12O4/c1-6(2)7(10)4-3-5-8(11)9(12)13/h4-6,8,11H,1-2H3,(H,12,13). The minimum absolute atomic E-state index is 0.150. The summed E-state index contributed by atoms with van der Waals surface area (Å²) in [5.41, 5.74) is 2.32. The van der Waals surface area contributed by atoms with Crippen molar-refractivity contribution in [2.24, 2.45) is 5.92 Å². The lowest BCUT2D eigenvalue weighted by molar-refractivity contribution is -0.144. The van der Waals surface area contributed by atoms with Gasteiger partial charge in [-0.3, -0.25) is 4.79 Å². The zero-order valence-electron chi connectivity index (χ0n) is 7.52. The molecule has 0 heterocycles. The summed E-state index contributed by atoms with van der Waals surface area (Å²) in [6.07, 6.45) is 0.440. The third-order valence-electron chi connectivity index (χ3n) is 1.30. The van der Waals surface area contributed by atoms with E-state index in [9.17, 15) is 9.59 Å². The highest BCUT2D eigenvalue weighted by molar-refractivity contribution is 5.91. The quantitative estimate of drug-likeness (QED) is 0.489. The maximum atomic E-state index is 10.9. The van der Waals surface area contributed by atoms with Gasteiger partial charge in [0.2, 0.25) is 0 Å². The highest BCUT2D eigenvalue weighted by atomic mass is 16.4. The lowest BCUT2D eigenvalue weighted by atomic mass is 10.1. The summed E-state index contributed by atoms with van der Waals surface area (Å²) in [6.45, 7) is 3.43. The second kappa shape index (κ2) is 5.30. The molecule has 0 rings (SSSR count). The summed E-state index contributed by atoms with van der Waals surface area (Å²) in [4.78, 5) is 21.0. The van der Waals surface area contributed by atoms with Crippen molar-refractivity contribution in [2.75, 3.05) is 0 Å². The minimum atomic E-state index is -1.60. The third kappa shape index (κ3) is 4.95. The molecule has 0 aromatic carbocycles. The van der Waals surface area contributed by atoms with Crippen LogP contribution in [-0.2, 0) is 9.59 Å². The summed E-state index contributed by atoms with van der Waals surface area (Å²) in [5.74, 6) is -1.67. The Labute approximate surface area is 76.2 Å². The van der Waals surface area contributed by atoms with Crippen LogP contribution >= 0.6 is 0 Å². The van der Waals surface area contributed by atoms with Crippen LogP contribution in [0.15, 0.2) is 17.9 Å². The molecule has 0 saturated carbocycles. The molecule has 0 aliphatic rings. The van der Waals surface area contributed by atoms with Gasteiger partial charge < -0.3 is 10.2 Å². The van der Waals surface area contributed by atoms with Gasteiger partial charge in [0.05, 0.1) is 0 Å². The van der Waals surface area contributed by atoms with Gasteiger partial charge in [0.25, 0.3) is 0 Å². The zero-order chi connectivity index (χ0) is 10.4. The fourth-order valence-corrected chi connectivity index (χ4v) is 0.459. The molecule has 1 atom stereocenters. The van der Waals surface area contributed by atoms with Crippen LogP contribution in [0.5, 0.6) is 0 Å². The van der Waals surface area contributed by atoms with E-state index in [0.717, 1.165) is 12.2 Å². The number of rotatable bonds is 4. The third-order valence-corrected chi connectivity index (χ3v) is 1.30. The molecule has 4 heteroatoms. The molecule has 1 unspecified atom stereocenters. The van der Waals surface area contributed by atoms with Crippen LogP contribution in [0.4, 0.5) is 0 Å². The van der Waals surface area contributed by atoms with Crippen molar-refractivity contribution in [3.05, 3.63) is 17.9 Å². The summed E-state index contributed by atoms with van der Waals surface area (Å²) in [6, 6.07) is 0. The predicted octanol–water partition coefficient (Wildman–Crippen LogP) is 0.368. The van der Waals surface area contributed by atoms with Gasteiger partial charge in [-0.1, -0.05) is 13.8 Å². The summed E-state index contributed by atoms with van der Waals surface area (Å²) in [7, 11) is 0. The fraction of sp³-hybridized carbons (Fsp3) is 0.444. The van der Waals surface area contributed by atoms with Crippen LogP contribution < -0.4 is 0 Å². The van der Waals surface area contributed by atoms with Crippen molar-refractivity contribution in [1.82, 2.24) is 0 Å². The highest BCUT2D eigenvalue weighted by Gasteiger charge is 2.07. The summed E-state index contributed by atoms with van der Waals surface area (Å²) < 4.78 is 0. The number of carboxylic acid groups (broad SMARTS) is 1. The number of hydrogen-bond acceptors (Lipinski definition) is 3. The summed E-state index contributed by atoms with van der Waals surface area (Å²) >= 11 is 0. The Hall–Kier alpha value is -1.38. The van der Waals surface area contributed by atoms with Gasteiger partial charge in [0.15, 0.2) is 11.9 Å². The average molecular weight is 184 g/mol. The first kappa shape index (κ1) is 11.6. The number of carboxylic acids is 1. The molecule has 0 spiro atoms. The SMILES string of the molecule is CC(C)C(=O)C=C=CC(O)C(=O)O. The van der Waals surface area contributed by atoms with Gasteiger partial charge in [-0.15, -0.1) is 5.73 Å². The van der Waals surface area contributed by atoms with Crippen molar-refractivity contribution >= 4 is 11.8 Å². The van der Waals surface area contributed by atoms with E-state index >= 15 is 0 Å². The van der Waals surface area contributed by atoms with E-state index in [0.29, 0.717) is 0 Å². The van der Waals surface area contributed by atoms with Crippen molar-refractivity contribution in [3.8, 4) is 0 Å². The van der Waals surface area contributed by atoms with Crippen LogP contribution in [0.1, 0.15) is 13.8 Å². The van der Waals surface area contributed by atoms with Crippen LogP contribution in [0.25, 0.3) is 0 Å². The largest absolute Gasteiger partial charge is 0.479 e. The molecule has 4 nitrogen and oxygen atoms in total. The van der Waals surface area contributed by atoms with Crippen molar-refractivity contribution in [2.45, 2.75) is 20.0 Å². The van der Waals surface area contributed by atoms with Gasteiger partial charge in [0.1, 0.15) is 0 Å². The van der Waals surface area contributed by atoms with Gasteiger partial charge in [-0.25, -0.2) is 4.79 Å². The molecule has 0 aliphatic heterocycles. The first-order valence-electron chi connectivity index (χ1n) is 3.82. The number of aliphatic carboxylic acids is 1. The van der Waals surface area contributed by atoms with E-state index in [1.165, 1.54) is 0 Å². The number of ketones is 1. The molecule has 0 saturated heterocycles. The Bertz CT molecular complexity index is 259. The van der Waals surface area contributed by atoms with E-state index in [1.807, 2.05) is 0 Å².